The molecule has 0 aliphatic rings. The van der Waals surface area contributed by atoms with Crippen molar-refractivity contribution in [3.63, 3.8) is 0 Å². The number of carbonyl (C=O) groups excluding carboxylic acids is 1. The Hall–Kier alpha value is -3.40. The molecule has 0 atom stereocenters. The topological polar surface area (TPSA) is 116 Å². The minimum Gasteiger partial charge on any atom is -0.470 e. The lowest BCUT2D eigenvalue weighted by Crippen LogP contribution is -2.38. The molecule has 0 aliphatic heterocycles. The molecule has 10 heteroatoms. The second kappa shape index (κ2) is 7.66. The summed E-state index contributed by atoms with van der Waals surface area (Å²) in [6.45, 7) is 1.91. The summed E-state index contributed by atoms with van der Waals surface area (Å²) in [5.74, 6) is 0.674. The lowest BCUT2D eigenvalue weighted by atomic mass is 10.1. The van der Waals surface area contributed by atoms with Crippen LogP contribution in [0.4, 0.5) is 4.79 Å². The quantitative estimate of drug-likeness (QED) is 0.661. The van der Waals surface area contributed by atoms with Gasteiger partial charge in [0.1, 0.15) is 18.1 Å². The standard InChI is InChI=1S/C16H17N5O5/c1-10-11(15(20-25-10)12-6-4-5-7-17-12)9-23-13-8-14(26-19-13)24-16(22)18-21(2)3/h4-8H,9H2,1-3H3,(H,18,22). The van der Waals surface area contributed by atoms with Gasteiger partial charge in [-0.05, 0) is 24.2 Å². The molecule has 1 amide bonds. The lowest BCUT2D eigenvalue weighted by molar-refractivity contribution is 0.154. The van der Waals surface area contributed by atoms with Gasteiger partial charge >= 0.3 is 12.0 Å². The fraction of sp³-hybridized carbons (Fsp3) is 0.250. The highest BCUT2D eigenvalue weighted by atomic mass is 16.7. The van der Waals surface area contributed by atoms with Crippen molar-refractivity contribution in [2.75, 3.05) is 14.1 Å². The van der Waals surface area contributed by atoms with E-state index in [1.54, 1.807) is 27.2 Å². The summed E-state index contributed by atoms with van der Waals surface area (Å²) in [4.78, 5) is 15.7. The summed E-state index contributed by atoms with van der Waals surface area (Å²) in [5.41, 5.74) is 4.40. The van der Waals surface area contributed by atoms with Crippen LogP contribution in [-0.2, 0) is 6.61 Å². The van der Waals surface area contributed by atoms with E-state index in [9.17, 15) is 4.79 Å². The van der Waals surface area contributed by atoms with Crippen molar-refractivity contribution in [2.45, 2.75) is 13.5 Å². The molecule has 0 radical (unpaired) electrons. The van der Waals surface area contributed by atoms with Crippen LogP contribution in [0.2, 0.25) is 0 Å². The Kier molecular flexibility index (Phi) is 5.13. The number of hydrogen-bond acceptors (Lipinski definition) is 9. The molecule has 0 bridgehead atoms. The van der Waals surface area contributed by atoms with E-state index in [-0.39, 0.29) is 18.4 Å². The SMILES string of the molecule is Cc1onc(-c2ccccn2)c1COc1cc(OC(=O)NN(C)C)on1. The average Bonchev–Trinajstić information content (AvgIpc) is 3.19. The maximum absolute atomic E-state index is 11.5. The number of aromatic nitrogens is 3. The van der Waals surface area contributed by atoms with Crippen LogP contribution in [0.15, 0.2) is 39.5 Å². The number of amides is 1. The Morgan fingerprint density at radius 2 is 2.12 bits per heavy atom. The Labute approximate surface area is 148 Å². The first-order chi connectivity index (χ1) is 12.5. The number of pyridine rings is 1. The fourth-order valence-electron chi connectivity index (χ4n) is 2.07. The molecule has 3 heterocycles. The summed E-state index contributed by atoms with van der Waals surface area (Å²) in [6.07, 6.45) is 0.967. The van der Waals surface area contributed by atoms with Gasteiger partial charge in [-0.3, -0.25) is 10.4 Å². The molecule has 3 aromatic heterocycles. The van der Waals surface area contributed by atoms with Gasteiger partial charge in [-0.2, -0.15) is 0 Å². The minimum absolute atomic E-state index is 0.0914. The Balaban J connectivity index is 1.65. The predicted octanol–water partition coefficient (Wildman–Crippen LogP) is 2.18. The zero-order chi connectivity index (χ0) is 18.5. The third-order valence-electron chi connectivity index (χ3n) is 3.23. The van der Waals surface area contributed by atoms with Gasteiger partial charge in [0.15, 0.2) is 0 Å². The Morgan fingerprint density at radius 3 is 2.85 bits per heavy atom. The van der Waals surface area contributed by atoms with Crippen LogP contribution < -0.4 is 14.9 Å². The molecule has 0 fully saturated rings. The molecule has 0 aromatic carbocycles. The van der Waals surface area contributed by atoms with Gasteiger partial charge in [-0.1, -0.05) is 11.2 Å². The molecule has 0 saturated carbocycles. The number of aryl methyl sites for hydroxylation is 1. The maximum Gasteiger partial charge on any atom is 0.429 e. The number of rotatable bonds is 6. The fourth-order valence-corrected chi connectivity index (χ4v) is 2.07. The van der Waals surface area contributed by atoms with Gasteiger partial charge in [0.2, 0.25) is 0 Å². The third kappa shape index (κ3) is 4.16. The first kappa shape index (κ1) is 17.4. The molecule has 1 N–H and O–H groups in total. The summed E-state index contributed by atoms with van der Waals surface area (Å²) >= 11 is 0. The van der Waals surface area contributed by atoms with Crippen molar-refractivity contribution >= 4 is 6.09 Å². The van der Waals surface area contributed by atoms with E-state index < -0.39 is 6.09 Å². The zero-order valence-electron chi connectivity index (χ0n) is 14.4. The van der Waals surface area contributed by atoms with E-state index >= 15 is 0 Å². The van der Waals surface area contributed by atoms with Gasteiger partial charge in [0, 0.05) is 20.3 Å². The van der Waals surface area contributed by atoms with E-state index in [0.717, 1.165) is 5.56 Å². The number of nitrogens with zero attached hydrogens (tertiary/aromatic N) is 4. The molecule has 3 aromatic rings. The first-order valence-electron chi connectivity index (χ1n) is 7.65. The lowest BCUT2D eigenvalue weighted by Gasteiger charge is -2.09. The van der Waals surface area contributed by atoms with Crippen molar-refractivity contribution in [1.29, 1.82) is 0 Å². The first-order valence-corrected chi connectivity index (χ1v) is 7.65. The van der Waals surface area contributed by atoms with E-state index in [2.05, 4.69) is 20.7 Å². The molecule has 0 unspecified atom stereocenters. The van der Waals surface area contributed by atoms with Crippen molar-refractivity contribution < 1.29 is 23.3 Å². The van der Waals surface area contributed by atoms with Gasteiger partial charge in [-0.25, -0.2) is 9.80 Å². The largest absolute Gasteiger partial charge is 0.470 e. The summed E-state index contributed by atoms with van der Waals surface area (Å²) in [5, 5.41) is 9.16. The molecule has 136 valence electrons. The Morgan fingerprint density at radius 1 is 1.27 bits per heavy atom. The van der Waals surface area contributed by atoms with Gasteiger partial charge in [-0.15, -0.1) is 0 Å². The van der Waals surface area contributed by atoms with Crippen LogP contribution >= 0.6 is 0 Å². The predicted molar refractivity (Wildman–Crippen MR) is 88.2 cm³/mol. The third-order valence-corrected chi connectivity index (χ3v) is 3.23. The molecule has 0 spiro atoms. The molecule has 10 nitrogen and oxygen atoms in total. The van der Waals surface area contributed by atoms with Crippen molar-refractivity contribution in [3.8, 4) is 23.2 Å². The molecule has 0 aliphatic carbocycles. The van der Waals surface area contributed by atoms with Crippen LogP contribution in [0.5, 0.6) is 11.8 Å². The van der Waals surface area contributed by atoms with E-state index in [4.69, 9.17) is 18.5 Å². The van der Waals surface area contributed by atoms with Gasteiger partial charge < -0.3 is 18.5 Å². The van der Waals surface area contributed by atoms with Crippen molar-refractivity contribution in [2.24, 2.45) is 0 Å². The van der Waals surface area contributed by atoms with E-state index in [1.165, 1.54) is 11.1 Å². The van der Waals surface area contributed by atoms with Crippen LogP contribution in [0.25, 0.3) is 11.4 Å². The average molecular weight is 359 g/mol. The highest BCUT2D eigenvalue weighted by Gasteiger charge is 2.18. The normalized spacial score (nSPS) is 10.8. The number of hydrogen-bond donors (Lipinski definition) is 1. The number of hydrazine groups is 1. The summed E-state index contributed by atoms with van der Waals surface area (Å²) in [7, 11) is 3.30. The van der Waals surface area contributed by atoms with Crippen molar-refractivity contribution in [3.05, 3.63) is 41.8 Å². The summed E-state index contributed by atoms with van der Waals surface area (Å²) < 4.78 is 20.6. The molecule has 0 saturated heterocycles. The molecule has 3 rings (SSSR count). The highest BCUT2D eigenvalue weighted by Crippen LogP contribution is 2.26. The molecular formula is C16H17N5O5. The van der Waals surface area contributed by atoms with E-state index in [0.29, 0.717) is 17.1 Å². The minimum atomic E-state index is -0.704. The van der Waals surface area contributed by atoms with Crippen LogP contribution in [0, 0.1) is 6.92 Å². The number of ether oxygens (including phenoxy) is 2. The maximum atomic E-state index is 11.5. The number of nitrogens with one attached hydrogen (secondary N) is 1. The van der Waals surface area contributed by atoms with Crippen molar-refractivity contribution in [1.82, 2.24) is 25.7 Å². The molecular weight excluding hydrogens is 342 g/mol. The van der Waals surface area contributed by atoms with E-state index in [1.807, 2.05) is 18.2 Å². The highest BCUT2D eigenvalue weighted by molar-refractivity contribution is 5.69. The van der Waals surface area contributed by atoms with Gasteiger partial charge in [0.25, 0.3) is 5.88 Å². The summed E-state index contributed by atoms with van der Waals surface area (Å²) in [6, 6.07) is 6.86. The molecule has 26 heavy (non-hydrogen) atoms. The Bertz CT molecular complexity index is 874. The second-order valence-corrected chi connectivity index (χ2v) is 5.45. The van der Waals surface area contributed by atoms with Crippen LogP contribution in [0.3, 0.4) is 0 Å². The monoisotopic (exact) mass is 359 g/mol. The second-order valence-electron chi connectivity index (χ2n) is 5.45. The zero-order valence-corrected chi connectivity index (χ0v) is 14.4. The smallest absolute Gasteiger partial charge is 0.429 e. The number of carbonyl (C=O) groups is 1. The van der Waals surface area contributed by atoms with Crippen LogP contribution in [-0.4, -0.2) is 40.5 Å². The van der Waals surface area contributed by atoms with Crippen LogP contribution in [0.1, 0.15) is 11.3 Å². The van der Waals surface area contributed by atoms with Gasteiger partial charge in [0.05, 0.1) is 17.3 Å².